The maximum Gasteiger partial charge on any atom is 0.172 e. The smallest absolute Gasteiger partial charge is 0.172 e. The summed E-state index contributed by atoms with van der Waals surface area (Å²) in [5.41, 5.74) is 0.556. The zero-order valence-corrected chi connectivity index (χ0v) is 11.1. The predicted molar refractivity (Wildman–Crippen MR) is 72.7 cm³/mol. The van der Waals surface area contributed by atoms with Crippen LogP contribution in [0.3, 0.4) is 0 Å². The van der Waals surface area contributed by atoms with Gasteiger partial charge in [-0.1, -0.05) is 6.07 Å². The van der Waals surface area contributed by atoms with Crippen LogP contribution in [0, 0.1) is 12.7 Å². The van der Waals surface area contributed by atoms with Crippen molar-refractivity contribution in [3.05, 3.63) is 42.0 Å². The molecule has 3 rings (SSSR count). The Bertz CT molecular complexity index is 748. The average molecular weight is 272 g/mol. The van der Waals surface area contributed by atoms with Crippen LogP contribution in [-0.4, -0.2) is 25.1 Å². The third kappa shape index (κ3) is 2.18. The Morgan fingerprint density at radius 2 is 2.15 bits per heavy atom. The maximum absolute atomic E-state index is 13.9. The largest absolute Gasteiger partial charge is 0.360 e. The van der Waals surface area contributed by atoms with Crippen LogP contribution in [0.2, 0.25) is 0 Å². The molecule has 2 N–H and O–H groups in total. The number of anilines is 1. The molecule has 0 spiro atoms. The van der Waals surface area contributed by atoms with Gasteiger partial charge in [-0.15, -0.1) is 0 Å². The summed E-state index contributed by atoms with van der Waals surface area (Å²) in [7, 11) is 0. The molecule has 20 heavy (non-hydrogen) atoms. The fourth-order valence-corrected chi connectivity index (χ4v) is 2.00. The summed E-state index contributed by atoms with van der Waals surface area (Å²) in [6.07, 6.45) is 1.40. The average Bonchev–Trinajstić information content (AvgIpc) is 2.86. The van der Waals surface area contributed by atoms with Gasteiger partial charge in [0.25, 0.3) is 0 Å². The minimum absolute atomic E-state index is 0.197. The lowest BCUT2D eigenvalue weighted by Gasteiger charge is -2.13. The molecule has 1 aromatic carbocycles. The second-order valence-corrected chi connectivity index (χ2v) is 4.50. The van der Waals surface area contributed by atoms with E-state index in [2.05, 4.69) is 30.5 Å². The highest BCUT2D eigenvalue weighted by atomic mass is 19.1. The summed E-state index contributed by atoms with van der Waals surface area (Å²) < 4.78 is 13.9. The van der Waals surface area contributed by atoms with Crippen molar-refractivity contribution < 1.29 is 4.39 Å². The zero-order valence-electron chi connectivity index (χ0n) is 11.1. The first-order valence-corrected chi connectivity index (χ1v) is 6.20. The van der Waals surface area contributed by atoms with Gasteiger partial charge in [-0.2, -0.15) is 5.10 Å². The molecule has 0 saturated heterocycles. The van der Waals surface area contributed by atoms with Crippen LogP contribution in [0.4, 0.5) is 10.2 Å². The van der Waals surface area contributed by atoms with Crippen molar-refractivity contribution in [1.82, 2.24) is 25.1 Å². The van der Waals surface area contributed by atoms with Crippen LogP contribution in [0.1, 0.15) is 24.6 Å². The summed E-state index contributed by atoms with van der Waals surface area (Å²) >= 11 is 0. The molecule has 0 unspecified atom stereocenters. The van der Waals surface area contributed by atoms with E-state index in [1.54, 1.807) is 12.1 Å². The summed E-state index contributed by atoms with van der Waals surface area (Å²) in [4.78, 5) is 12.4. The topological polar surface area (TPSA) is 79.4 Å². The summed E-state index contributed by atoms with van der Waals surface area (Å²) in [6.45, 7) is 3.71. The van der Waals surface area contributed by atoms with Crippen molar-refractivity contribution in [2.75, 3.05) is 5.32 Å². The van der Waals surface area contributed by atoms with Crippen LogP contribution in [-0.2, 0) is 0 Å². The third-order valence-corrected chi connectivity index (χ3v) is 2.97. The molecule has 102 valence electrons. The molecule has 6 nitrogen and oxygen atoms in total. The third-order valence-electron chi connectivity index (χ3n) is 2.97. The number of nitrogens with one attached hydrogen (secondary N) is 2. The second-order valence-electron chi connectivity index (χ2n) is 4.50. The van der Waals surface area contributed by atoms with Gasteiger partial charge in [-0.3, -0.25) is 5.10 Å². The molecule has 0 bridgehead atoms. The second kappa shape index (κ2) is 4.84. The fourth-order valence-electron chi connectivity index (χ4n) is 2.00. The van der Waals surface area contributed by atoms with Gasteiger partial charge < -0.3 is 5.32 Å². The lowest BCUT2D eigenvalue weighted by Crippen LogP contribution is -2.10. The van der Waals surface area contributed by atoms with Gasteiger partial charge in [0.2, 0.25) is 0 Å². The maximum atomic E-state index is 13.9. The van der Waals surface area contributed by atoms with E-state index in [0.717, 1.165) is 5.82 Å². The first kappa shape index (κ1) is 12.5. The Morgan fingerprint density at radius 3 is 2.90 bits per heavy atom. The highest BCUT2D eigenvalue weighted by molar-refractivity contribution is 5.89. The molecule has 3 aromatic rings. The molecule has 0 aliphatic rings. The Balaban J connectivity index is 1.99. The van der Waals surface area contributed by atoms with Gasteiger partial charge in [-0.25, -0.2) is 19.3 Å². The molecule has 0 radical (unpaired) electrons. The van der Waals surface area contributed by atoms with E-state index in [-0.39, 0.29) is 11.9 Å². The summed E-state index contributed by atoms with van der Waals surface area (Å²) in [5.74, 6) is 1.41. The number of aromatic nitrogens is 5. The minimum atomic E-state index is -0.357. The SMILES string of the molecule is Cc1nc([C@@H](C)Nc2ncnc3cccc(F)c23)n[nH]1. The number of benzene rings is 1. The van der Waals surface area contributed by atoms with Crippen LogP contribution in [0.15, 0.2) is 24.5 Å². The molecule has 0 aliphatic carbocycles. The normalized spacial score (nSPS) is 12.6. The van der Waals surface area contributed by atoms with E-state index in [1.165, 1.54) is 12.4 Å². The van der Waals surface area contributed by atoms with Crippen molar-refractivity contribution >= 4 is 16.7 Å². The van der Waals surface area contributed by atoms with E-state index >= 15 is 0 Å². The molecule has 0 aliphatic heterocycles. The number of H-pyrrole nitrogens is 1. The van der Waals surface area contributed by atoms with Crippen molar-refractivity contribution in [3.8, 4) is 0 Å². The van der Waals surface area contributed by atoms with E-state index in [9.17, 15) is 4.39 Å². The first-order valence-electron chi connectivity index (χ1n) is 6.20. The number of aromatic amines is 1. The van der Waals surface area contributed by atoms with E-state index in [4.69, 9.17) is 0 Å². The van der Waals surface area contributed by atoms with Gasteiger partial charge in [0.15, 0.2) is 5.82 Å². The van der Waals surface area contributed by atoms with Gasteiger partial charge in [0, 0.05) is 0 Å². The molecule has 0 amide bonds. The lowest BCUT2D eigenvalue weighted by atomic mass is 10.2. The first-order chi connectivity index (χ1) is 9.65. The summed E-state index contributed by atoms with van der Waals surface area (Å²) in [6, 6.07) is 4.56. The van der Waals surface area contributed by atoms with Crippen LogP contribution >= 0.6 is 0 Å². The summed E-state index contributed by atoms with van der Waals surface area (Å²) in [5, 5.41) is 10.3. The minimum Gasteiger partial charge on any atom is -0.360 e. The van der Waals surface area contributed by atoms with Crippen LogP contribution in [0.25, 0.3) is 10.9 Å². The number of nitrogens with zero attached hydrogens (tertiary/aromatic N) is 4. The Labute approximate surface area is 114 Å². The molecule has 2 aromatic heterocycles. The van der Waals surface area contributed by atoms with Crippen molar-refractivity contribution in [2.45, 2.75) is 19.9 Å². The predicted octanol–water partition coefficient (Wildman–Crippen LogP) is 2.37. The highest BCUT2D eigenvalue weighted by Gasteiger charge is 2.14. The molecule has 2 heterocycles. The number of halogens is 1. The number of hydrogen-bond acceptors (Lipinski definition) is 5. The van der Waals surface area contributed by atoms with E-state index in [1.807, 2.05) is 13.8 Å². The van der Waals surface area contributed by atoms with Crippen molar-refractivity contribution in [1.29, 1.82) is 0 Å². The number of hydrogen-bond donors (Lipinski definition) is 2. The Morgan fingerprint density at radius 1 is 1.30 bits per heavy atom. The Kier molecular flexibility index (Phi) is 3.02. The zero-order chi connectivity index (χ0) is 14.1. The quantitative estimate of drug-likeness (QED) is 0.765. The molecular weight excluding hydrogens is 259 g/mol. The fraction of sp³-hybridized carbons (Fsp3) is 0.231. The molecule has 0 saturated carbocycles. The molecule has 1 atom stereocenters. The van der Waals surface area contributed by atoms with Gasteiger partial charge in [0.05, 0.1) is 16.9 Å². The van der Waals surface area contributed by atoms with Crippen LogP contribution < -0.4 is 5.32 Å². The van der Waals surface area contributed by atoms with E-state index in [0.29, 0.717) is 22.5 Å². The standard InChI is InChI=1S/C13H13FN6/c1-7(12-18-8(2)19-20-12)17-13-11-9(14)4-3-5-10(11)15-6-16-13/h3-7H,1-2H3,(H,15,16,17)(H,18,19,20)/t7-/m1/s1. The van der Waals surface area contributed by atoms with E-state index < -0.39 is 0 Å². The van der Waals surface area contributed by atoms with Gasteiger partial charge in [0.1, 0.15) is 23.8 Å². The van der Waals surface area contributed by atoms with Gasteiger partial charge >= 0.3 is 0 Å². The number of aryl methyl sites for hydroxylation is 1. The molecule has 7 heteroatoms. The number of rotatable bonds is 3. The molecular formula is C13H13FN6. The van der Waals surface area contributed by atoms with Crippen molar-refractivity contribution in [3.63, 3.8) is 0 Å². The van der Waals surface area contributed by atoms with Crippen LogP contribution in [0.5, 0.6) is 0 Å². The Hall–Kier alpha value is -2.57. The van der Waals surface area contributed by atoms with Crippen molar-refractivity contribution in [2.24, 2.45) is 0 Å². The molecule has 0 fully saturated rings. The lowest BCUT2D eigenvalue weighted by molar-refractivity contribution is 0.639. The highest BCUT2D eigenvalue weighted by Crippen LogP contribution is 2.25. The number of fused-ring (bicyclic) bond motifs is 1. The monoisotopic (exact) mass is 272 g/mol. The van der Waals surface area contributed by atoms with Gasteiger partial charge in [-0.05, 0) is 26.0 Å².